The predicted octanol–water partition coefficient (Wildman–Crippen LogP) is 3.94. The van der Waals surface area contributed by atoms with E-state index in [0.29, 0.717) is 6.61 Å². The Balaban J connectivity index is 1.72. The molecule has 0 radical (unpaired) electrons. The molecule has 0 atom stereocenters. The van der Waals surface area contributed by atoms with E-state index in [2.05, 4.69) is 25.5 Å². The third-order valence-electron chi connectivity index (χ3n) is 3.19. The number of benzene rings is 1. The second-order valence-electron chi connectivity index (χ2n) is 4.93. The first-order chi connectivity index (χ1) is 11.7. The largest absolute Gasteiger partial charge is 0.493 e. The van der Waals surface area contributed by atoms with E-state index in [0.717, 1.165) is 44.5 Å². The minimum Gasteiger partial charge on any atom is -0.493 e. The van der Waals surface area contributed by atoms with Crippen molar-refractivity contribution in [1.82, 2.24) is 20.2 Å². The Hall–Kier alpha value is -2.06. The van der Waals surface area contributed by atoms with Crippen LogP contribution in [0, 0.1) is 6.92 Å². The van der Waals surface area contributed by atoms with Gasteiger partial charge in [0.1, 0.15) is 10.8 Å². The molecule has 6 nitrogen and oxygen atoms in total. The molecule has 0 unspecified atom stereocenters. The van der Waals surface area contributed by atoms with Crippen LogP contribution < -0.4 is 9.47 Å². The number of nitrogens with one attached hydrogen (secondary N) is 1. The number of nitrogens with zero attached hydrogens (tertiary/aromatic N) is 3. The average Bonchev–Trinajstić information content (AvgIpc) is 3.22. The highest BCUT2D eigenvalue weighted by Gasteiger charge is 2.11. The standard InChI is InChI=1S/C16H18N4O2S2/c1-4-22-13-6-5-11(7-14(13)21-3)15-18-12(8-23-15)9-24-16-17-10(2)19-20-16/h5-8H,4,9H2,1-3H3,(H,17,19,20). The van der Waals surface area contributed by atoms with E-state index in [1.54, 1.807) is 30.2 Å². The maximum Gasteiger partial charge on any atom is 0.208 e. The van der Waals surface area contributed by atoms with E-state index < -0.39 is 0 Å². The highest BCUT2D eigenvalue weighted by Crippen LogP contribution is 2.34. The lowest BCUT2D eigenvalue weighted by atomic mass is 10.2. The fourth-order valence-electron chi connectivity index (χ4n) is 2.11. The molecule has 0 saturated heterocycles. The number of thioether (sulfide) groups is 1. The summed E-state index contributed by atoms with van der Waals surface area (Å²) in [4.78, 5) is 8.97. The van der Waals surface area contributed by atoms with Gasteiger partial charge in [0.05, 0.1) is 19.4 Å². The summed E-state index contributed by atoms with van der Waals surface area (Å²) in [6.07, 6.45) is 0. The van der Waals surface area contributed by atoms with Crippen molar-refractivity contribution in [3.63, 3.8) is 0 Å². The van der Waals surface area contributed by atoms with Crippen molar-refractivity contribution >= 4 is 23.1 Å². The molecule has 0 aliphatic heterocycles. The molecule has 0 aliphatic carbocycles. The number of methoxy groups -OCH3 is 1. The lowest BCUT2D eigenvalue weighted by Crippen LogP contribution is -1.95. The van der Waals surface area contributed by atoms with Crippen molar-refractivity contribution in [2.45, 2.75) is 24.8 Å². The van der Waals surface area contributed by atoms with Crippen molar-refractivity contribution < 1.29 is 9.47 Å². The molecule has 0 spiro atoms. The van der Waals surface area contributed by atoms with E-state index >= 15 is 0 Å². The van der Waals surface area contributed by atoms with Gasteiger partial charge in [0.25, 0.3) is 0 Å². The Morgan fingerprint density at radius 2 is 2.12 bits per heavy atom. The SMILES string of the molecule is CCOc1ccc(-c2nc(CSc3n[nH]c(C)n3)cs2)cc1OC. The van der Waals surface area contributed by atoms with Crippen LogP contribution >= 0.6 is 23.1 Å². The number of thiazole rings is 1. The van der Waals surface area contributed by atoms with Crippen LogP contribution in [-0.2, 0) is 5.75 Å². The Morgan fingerprint density at radius 1 is 1.25 bits per heavy atom. The van der Waals surface area contributed by atoms with Crippen LogP contribution in [0.2, 0.25) is 0 Å². The van der Waals surface area contributed by atoms with E-state index in [9.17, 15) is 0 Å². The molecule has 2 heterocycles. The second-order valence-corrected chi connectivity index (χ2v) is 6.74. The number of hydrogen-bond donors (Lipinski definition) is 1. The van der Waals surface area contributed by atoms with Crippen molar-refractivity contribution in [3.8, 4) is 22.1 Å². The average molecular weight is 362 g/mol. The lowest BCUT2D eigenvalue weighted by Gasteiger charge is -2.09. The molecule has 0 amide bonds. The van der Waals surface area contributed by atoms with Gasteiger partial charge in [0.2, 0.25) is 5.16 Å². The minimum atomic E-state index is 0.606. The third kappa shape index (κ3) is 3.88. The quantitative estimate of drug-likeness (QED) is 0.642. The Bertz CT molecular complexity index is 816. The topological polar surface area (TPSA) is 72.9 Å². The van der Waals surface area contributed by atoms with E-state index in [1.165, 1.54) is 0 Å². The molecular weight excluding hydrogens is 344 g/mol. The molecule has 0 aliphatic rings. The first kappa shape index (κ1) is 16.8. The fourth-order valence-corrected chi connectivity index (χ4v) is 3.77. The highest BCUT2D eigenvalue weighted by atomic mass is 32.2. The Labute approximate surface area is 148 Å². The highest BCUT2D eigenvalue weighted by molar-refractivity contribution is 7.98. The number of hydrogen-bond acceptors (Lipinski definition) is 7. The fraction of sp³-hybridized carbons (Fsp3) is 0.312. The molecule has 126 valence electrons. The van der Waals surface area contributed by atoms with Crippen LogP contribution in [0.15, 0.2) is 28.7 Å². The van der Waals surface area contributed by atoms with Gasteiger partial charge in [-0.1, -0.05) is 11.8 Å². The van der Waals surface area contributed by atoms with Crippen molar-refractivity contribution in [2.24, 2.45) is 0 Å². The third-order valence-corrected chi connectivity index (χ3v) is 5.01. The summed E-state index contributed by atoms with van der Waals surface area (Å²) in [5.41, 5.74) is 2.03. The molecule has 2 aromatic heterocycles. The number of aromatic amines is 1. The molecule has 1 aromatic carbocycles. The van der Waals surface area contributed by atoms with Crippen LogP contribution in [-0.4, -0.2) is 33.9 Å². The molecule has 0 bridgehead atoms. The van der Waals surface area contributed by atoms with Gasteiger partial charge in [-0.05, 0) is 32.0 Å². The summed E-state index contributed by atoms with van der Waals surface area (Å²) in [5, 5.41) is 10.7. The summed E-state index contributed by atoms with van der Waals surface area (Å²) < 4.78 is 11.0. The zero-order chi connectivity index (χ0) is 16.9. The van der Waals surface area contributed by atoms with Crippen LogP contribution in [0.4, 0.5) is 0 Å². The maximum absolute atomic E-state index is 5.55. The summed E-state index contributed by atoms with van der Waals surface area (Å²) in [7, 11) is 1.64. The van der Waals surface area contributed by atoms with Gasteiger partial charge in [-0.3, -0.25) is 5.10 Å². The summed E-state index contributed by atoms with van der Waals surface area (Å²) in [6, 6.07) is 5.88. The number of aromatic nitrogens is 4. The minimum absolute atomic E-state index is 0.606. The molecule has 3 rings (SSSR count). The maximum atomic E-state index is 5.55. The van der Waals surface area contributed by atoms with Crippen molar-refractivity contribution in [2.75, 3.05) is 13.7 Å². The van der Waals surface area contributed by atoms with Gasteiger partial charge < -0.3 is 9.47 Å². The zero-order valence-corrected chi connectivity index (χ0v) is 15.3. The molecule has 24 heavy (non-hydrogen) atoms. The number of aryl methyl sites for hydroxylation is 1. The van der Waals surface area contributed by atoms with Crippen molar-refractivity contribution in [1.29, 1.82) is 0 Å². The van der Waals surface area contributed by atoms with Gasteiger partial charge in [-0.25, -0.2) is 9.97 Å². The zero-order valence-electron chi connectivity index (χ0n) is 13.7. The molecule has 3 aromatic rings. The molecule has 1 N–H and O–H groups in total. The van der Waals surface area contributed by atoms with Crippen LogP contribution in [0.5, 0.6) is 11.5 Å². The Kier molecular flexibility index (Phi) is 5.37. The van der Waals surface area contributed by atoms with E-state index in [4.69, 9.17) is 9.47 Å². The summed E-state index contributed by atoms with van der Waals surface area (Å²) in [6.45, 7) is 4.44. The van der Waals surface area contributed by atoms with Gasteiger partial charge in [-0.2, -0.15) is 0 Å². The van der Waals surface area contributed by atoms with Gasteiger partial charge in [0.15, 0.2) is 11.5 Å². The number of H-pyrrole nitrogens is 1. The smallest absolute Gasteiger partial charge is 0.208 e. The van der Waals surface area contributed by atoms with Crippen LogP contribution in [0.25, 0.3) is 10.6 Å². The van der Waals surface area contributed by atoms with Crippen LogP contribution in [0.3, 0.4) is 0 Å². The molecule has 8 heteroatoms. The number of rotatable bonds is 7. The predicted molar refractivity (Wildman–Crippen MR) is 96.0 cm³/mol. The molecule has 0 saturated carbocycles. The van der Waals surface area contributed by atoms with E-state index in [-0.39, 0.29) is 0 Å². The van der Waals surface area contributed by atoms with Gasteiger partial charge in [-0.15, -0.1) is 16.4 Å². The van der Waals surface area contributed by atoms with Crippen LogP contribution in [0.1, 0.15) is 18.4 Å². The van der Waals surface area contributed by atoms with Gasteiger partial charge >= 0.3 is 0 Å². The summed E-state index contributed by atoms with van der Waals surface area (Å²) in [5.74, 6) is 3.02. The number of ether oxygens (including phenoxy) is 2. The van der Waals surface area contributed by atoms with Gasteiger partial charge in [0, 0.05) is 16.7 Å². The molecular formula is C16H18N4O2S2. The second kappa shape index (κ2) is 7.67. The summed E-state index contributed by atoms with van der Waals surface area (Å²) >= 11 is 3.18. The molecule has 0 fully saturated rings. The Morgan fingerprint density at radius 3 is 2.83 bits per heavy atom. The first-order valence-electron chi connectivity index (χ1n) is 7.47. The monoisotopic (exact) mass is 362 g/mol. The van der Waals surface area contributed by atoms with Crippen molar-refractivity contribution in [3.05, 3.63) is 35.1 Å². The normalized spacial score (nSPS) is 10.8. The van der Waals surface area contributed by atoms with E-state index in [1.807, 2.05) is 32.0 Å². The first-order valence-corrected chi connectivity index (χ1v) is 9.33. The lowest BCUT2D eigenvalue weighted by molar-refractivity contribution is 0.311.